The van der Waals surface area contributed by atoms with Gasteiger partial charge in [-0.3, -0.25) is 0 Å². The molecule has 0 amide bonds. The van der Waals surface area contributed by atoms with Crippen molar-refractivity contribution in [3.8, 4) is 11.1 Å². The number of nitrogens with zero attached hydrogens (tertiary/aromatic N) is 1. The molecule has 0 fully saturated rings. The molecule has 12 aromatic rings. The van der Waals surface area contributed by atoms with Gasteiger partial charge < -0.3 is 13.7 Å². The minimum Gasteiger partial charge on any atom is -0.456 e. The maximum atomic E-state index is 6.64. The van der Waals surface area contributed by atoms with Gasteiger partial charge in [-0.25, -0.2) is 0 Å². The summed E-state index contributed by atoms with van der Waals surface area (Å²) in [6.45, 7) is 0. The molecule has 12 rings (SSSR count). The van der Waals surface area contributed by atoms with E-state index >= 15 is 0 Å². The molecule has 0 saturated heterocycles. The lowest BCUT2D eigenvalue weighted by atomic mass is 9.98. The van der Waals surface area contributed by atoms with Crippen LogP contribution in [0.2, 0.25) is 0 Å². The Labute approximate surface area is 313 Å². The number of anilines is 3. The van der Waals surface area contributed by atoms with Crippen molar-refractivity contribution >= 4 is 114 Å². The summed E-state index contributed by atoms with van der Waals surface area (Å²) in [6.07, 6.45) is 0. The van der Waals surface area contributed by atoms with Crippen molar-refractivity contribution in [3.63, 3.8) is 0 Å². The Bertz CT molecular complexity index is 3450. The molecule has 252 valence electrons. The maximum Gasteiger partial charge on any atom is 0.143 e. The molecule has 0 N–H and O–H groups in total. The van der Waals surface area contributed by atoms with Crippen LogP contribution in [-0.2, 0) is 0 Å². The number of furan rings is 2. The molecule has 0 aliphatic rings. The molecule has 4 heteroatoms. The minimum atomic E-state index is 0.882. The zero-order valence-corrected chi connectivity index (χ0v) is 29.7. The number of hydrogen-bond acceptors (Lipinski definition) is 4. The van der Waals surface area contributed by atoms with E-state index in [0.717, 1.165) is 60.9 Å². The Hall–Kier alpha value is -6.88. The number of para-hydroxylation sites is 1. The van der Waals surface area contributed by atoms with Gasteiger partial charge in [0.2, 0.25) is 0 Å². The molecule has 0 radical (unpaired) electrons. The van der Waals surface area contributed by atoms with Crippen LogP contribution in [0.1, 0.15) is 0 Å². The van der Waals surface area contributed by atoms with Gasteiger partial charge in [-0.15, -0.1) is 11.3 Å². The second-order valence-corrected chi connectivity index (χ2v) is 15.1. The van der Waals surface area contributed by atoms with Crippen molar-refractivity contribution in [1.82, 2.24) is 0 Å². The highest BCUT2D eigenvalue weighted by atomic mass is 32.1. The summed E-state index contributed by atoms with van der Waals surface area (Å²) in [5.74, 6) is 0. The van der Waals surface area contributed by atoms with Gasteiger partial charge in [0.25, 0.3) is 0 Å². The fourth-order valence-electron chi connectivity index (χ4n) is 8.59. The van der Waals surface area contributed by atoms with E-state index in [0.29, 0.717) is 0 Å². The second kappa shape index (κ2) is 11.3. The topological polar surface area (TPSA) is 29.5 Å². The molecule has 0 saturated carbocycles. The summed E-state index contributed by atoms with van der Waals surface area (Å²) in [6, 6.07) is 63.0. The quantitative estimate of drug-likeness (QED) is 0.182. The smallest absolute Gasteiger partial charge is 0.143 e. The van der Waals surface area contributed by atoms with Crippen LogP contribution in [-0.4, -0.2) is 0 Å². The monoisotopic (exact) mass is 707 g/mol. The fourth-order valence-corrected chi connectivity index (χ4v) is 9.81. The summed E-state index contributed by atoms with van der Waals surface area (Å²) >= 11 is 1.84. The summed E-state index contributed by atoms with van der Waals surface area (Å²) in [5, 5.41) is 11.8. The minimum absolute atomic E-state index is 0.882. The van der Waals surface area contributed by atoms with Gasteiger partial charge in [-0.2, -0.15) is 0 Å². The average Bonchev–Trinajstić information content (AvgIpc) is 3.92. The second-order valence-electron chi connectivity index (χ2n) is 14.0. The van der Waals surface area contributed by atoms with E-state index in [1.165, 1.54) is 52.8 Å². The van der Waals surface area contributed by atoms with Crippen molar-refractivity contribution < 1.29 is 8.83 Å². The van der Waals surface area contributed by atoms with Crippen LogP contribution in [0.5, 0.6) is 0 Å². The Morgan fingerprint density at radius 3 is 1.98 bits per heavy atom. The van der Waals surface area contributed by atoms with E-state index in [1.807, 2.05) is 23.5 Å². The zero-order chi connectivity index (χ0) is 35.3. The molecular weight excluding hydrogens is 679 g/mol. The predicted octanol–water partition coefficient (Wildman–Crippen LogP) is 15.3. The fraction of sp³-hybridized carbons (Fsp3) is 0. The standard InChI is InChI=1S/C50H29NO2S/c1-3-12-35-30(9-1)11-7-15-36(35)32-19-22-33(23-20-32)51(34-24-26-44-41(29-34)38-14-5-6-18-43(38)52-44)42-17-8-16-40-48-46(54-50(40)42)28-27-45-47(48)39-25-21-31-10-2-4-13-37(31)49(39)53-45/h1-29H. The van der Waals surface area contributed by atoms with Gasteiger partial charge in [0.05, 0.1) is 10.4 Å². The molecule has 0 aliphatic heterocycles. The van der Waals surface area contributed by atoms with Gasteiger partial charge in [-0.05, 0) is 87.9 Å². The molecule has 0 bridgehead atoms. The molecule has 0 unspecified atom stereocenters. The van der Waals surface area contributed by atoms with Crippen molar-refractivity contribution in [2.75, 3.05) is 4.90 Å². The third-order valence-electron chi connectivity index (χ3n) is 11.1. The van der Waals surface area contributed by atoms with Crippen LogP contribution < -0.4 is 4.90 Å². The van der Waals surface area contributed by atoms with Gasteiger partial charge in [0, 0.05) is 53.8 Å². The summed E-state index contributed by atoms with van der Waals surface area (Å²) in [5.41, 5.74) is 9.34. The van der Waals surface area contributed by atoms with Gasteiger partial charge in [0.15, 0.2) is 0 Å². The van der Waals surface area contributed by atoms with Crippen LogP contribution in [0.4, 0.5) is 17.1 Å². The van der Waals surface area contributed by atoms with Gasteiger partial charge >= 0.3 is 0 Å². The third kappa shape index (κ3) is 4.29. The van der Waals surface area contributed by atoms with E-state index in [9.17, 15) is 0 Å². The van der Waals surface area contributed by atoms with Crippen LogP contribution in [0.15, 0.2) is 185 Å². The summed E-state index contributed by atoms with van der Waals surface area (Å²) in [7, 11) is 0. The van der Waals surface area contributed by atoms with Crippen molar-refractivity contribution in [2.45, 2.75) is 0 Å². The van der Waals surface area contributed by atoms with Crippen LogP contribution in [0.25, 0.3) is 96.7 Å². The molecule has 0 aliphatic carbocycles. The highest BCUT2D eigenvalue weighted by Gasteiger charge is 2.22. The average molecular weight is 708 g/mol. The molecule has 3 heterocycles. The molecule has 3 aromatic heterocycles. The first-order valence-electron chi connectivity index (χ1n) is 18.2. The Morgan fingerprint density at radius 2 is 1.09 bits per heavy atom. The van der Waals surface area contributed by atoms with Crippen molar-refractivity contribution in [2.24, 2.45) is 0 Å². The zero-order valence-electron chi connectivity index (χ0n) is 28.9. The largest absolute Gasteiger partial charge is 0.456 e. The van der Waals surface area contributed by atoms with Crippen LogP contribution >= 0.6 is 11.3 Å². The lowest BCUT2D eigenvalue weighted by molar-refractivity contribution is 0.669. The predicted molar refractivity (Wildman–Crippen MR) is 229 cm³/mol. The molecule has 54 heavy (non-hydrogen) atoms. The number of hydrogen-bond donors (Lipinski definition) is 0. The maximum absolute atomic E-state index is 6.64. The van der Waals surface area contributed by atoms with E-state index < -0.39 is 0 Å². The first kappa shape index (κ1) is 29.7. The molecule has 0 atom stereocenters. The Kier molecular flexibility index (Phi) is 6.21. The first-order chi connectivity index (χ1) is 26.8. The molecular formula is C50H29NO2S. The van der Waals surface area contributed by atoms with Crippen LogP contribution in [0.3, 0.4) is 0 Å². The number of rotatable bonds is 4. The van der Waals surface area contributed by atoms with Crippen LogP contribution in [0, 0.1) is 0 Å². The number of thiophene rings is 1. The Balaban J connectivity index is 1.10. The van der Waals surface area contributed by atoms with E-state index in [4.69, 9.17) is 8.83 Å². The van der Waals surface area contributed by atoms with Gasteiger partial charge in [-0.1, -0.05) is 115 Å². The third-order valence-corrected chi connectivity index (χ3v) is 12.2. The highest BCUT2D eigenvalue weighted by molar-refractivity contribution is 7.26. The SMILES string of the molecule is c1ccc2c(-c3ccc(N(c4ccc5oc6ccccc6c5c4)c4cccc5c4sc4ccc6oc7c8ccccc8ccc7c6c45)cc3)cccc2c1. The van der Waals surface area contributed by atoms with E-state index in [-0.39, 0.29) is 0 Å². The number of fused-ring (bicyclic) bond motifs is 13. The van der Waals surface area contributed by atoms with Crippen molar-refractivity contribution in [3.05, 3.63) is 176 Å². The molecule has 0 spiro atoms. The van der Waals surface area contributed by atoms with E-state index in [1.54, 1.807) is 0 Å². The molecule has 9 aromatic carbocycles. The lowest BCUT2D eigenvalue weighted by Crippen LogP contribution is -2.10. The first-order valence-corrected chi connectivity index (χ1v) is 19.1. The number of benzene rings is 9. The Morgan fingerprint density at radius 1 is 0.407 bits per heavy atom. The lowest BCUT2D eigenvalue weighted by Gasteiger charge is -2.26. The summed E-state index contributed by atoms with van der Waals surface area (Å²) in [4.78, 5) is 2.41. The molecule has 3 nitrogen and oxygen atoms in total. The highest BCUT2D eigenvalue weighted by Crippen LogP contribution is 2.49. The van der Waals surface area contributed by atoms with Gasteiger partial charge in [0.1, 0.15) is 22.3 Å². The normalized spacial score (nSPS) is 12.1. The van der Waals surface area contributed by atoms with Crippen molar-refractivity contribution in [1.29, 1.82) is 0 Å². The van der Waals surface area contributed by atoms with E-state index in [2.05, 4.69) is 169 Å². The summed E-state index contributed by atoms with van der Waals surface area (Å²) < 4.78 is 15.4.